The lowest BCUT2D eigenvalue weighted by molar-refractivity contribution is 0.117. The Bertz CT molecular complexity index is 313. The van der Waals surface area contributed by atoms with Crippen molar-refractivity contribution in [3.63, 3.8) is 0 Å². The van der Waals surface area contributed by atoms with Crippen LogP contribution >= 0.6 is 0 Å². The zero-order valence-electron chi connectivity index (χ0n) is 7.87. The Hall–Kier alpha value is -0.980. The molecule has 1 aliphatic rings. The molecule has 1 unspecified atom stereocenters. The van der Waals surface area contributed by atoms with Gasteiger partial charge in [0.1, 0.15) is 17.8 Å². The van der Waals surface area contributed by atoms with E-state index < -0.39 is 12.2 Å². The van der Waals surface area contributed by atoms with E-state index >= 15 is 0 Å². The minimum Gasteiger partial charge on any atom is -0.388 e. The van der Waals surface area contributed by atoms with Gasteiger partial charge in [-0.25, -0.2) is 4.68 Å². The first-order valence-electron chi connectivity index (χ1n) is 4.54. The average Bonchev–Trinajstić information content (AvgIpc) is 2.71. The molecule has 0 aromatic carbocycles. The second-order valence-corrected chi connectivity index (χ2v) is 3.47. The molecule has 1 aliphatic heterocycles. The summed E-state index contributed by atoms with van der Waals surface area (Å²) in [6.45, 7) is 2.38. The van der Waals surface area contributed by atoms with Crippen LogP contribution in [0.5, 0.6) is 0 Å². The lowest BCUT2D eigenvalue weighted by Gasteiger charge is -2.10. The molecular weight excluding hydrogens is 186 g/mol. The van der Waals surface area contributed by atoms with Gasteiger partial charge in [-0.2, -0.15) is 0 Å². The van der Waals surface area contributed by atoms with Crippen LogP contribution in [0.3, 0.4) is 0 Å². The second-order valence-electron chi connectivity index (χ2n) is 3.47. The van der Waals surface area contributed by atoms with Gasteiger partial charge >= 0.3 is 0 Å². The lowest BCUT2D eigenvalue weighted by Crippen LogP contribution is -2.22. The van der Waals surface area contributed by atoms with Crippen molar-refractivity contribution in [1.82, 2.24) is 15.0 Å². The van der Waals surface area contributed by atoms with Gasteiger partial charge in [-0.15, -0.1) is 5.10 Å². The van der Waals surface area contributed by atoms with Crippen LogP contribution in [0.25, 0.3) is 0 Å². The Balaban J connectivity index is 2.16. The van der Waals surface area contributed by atoms with Crippen molar-refractivity contribution in [3.8, 4) is 0 Å². The molecule has 0 spiro atoms. The SMILES string of the molecule is CC(O)c1cn([C@@H]2COC[C@H]2O)nn1. The normalized spacial score (nSPS) is 29.4. The third-order valence-corrected chi connectivity index (χ3v) is 2.32. The summed E-state index contributed by atoms with van der Waals surface area (Å²) < 4.78 is 6.63. The van der Waals surface area contributed by atoms with E-state index in [1.165, 1.54) is 0 Å². The Morgan fingerprint density at radius 1 is 1.64 bits per heavy atom. The van der Waals surface area contributed by atoms with Crippen molar-refractivity contribution in [3.05, 3.63) is 11.9 Å². The molecular formula is C8H13N3O3. The lowest BCUT2D eigenvalue weighted by atomic mass is 10.2. The molecule has 2 N–H and O–H groups in total. The maximum atomic E-state index is 9.51. The Labute approximate surface area is 81.1 Å². The summed E-state index contributed by atoms with van der Waals surface area (Å²) in [4.78, 5) is 0. The summed E-state index contributed by atoms with van der Waals surface area (Å²) in [5, 5.41) is 26.4. The molecule has 0 saturated carbocycles. The topological polar surface area (TPSA) is 80.4 Å². The maximum absolute atomic E-state index is 9.51. The zero-order valence-corrected chi connectivity index (χ0v) is 7.87. The number of nitrogens with zero attached hydrogens (tertiary/aromatic N) is 3. The average molecular weight is 199 g/mol. The molecule has 6 nitrogen and oxygen atoms in total. The van der Waals surface area contributed by atoms with Crippen molar-refractivity contribution in [2.75, 3.05) is 13.2 Å². The summed E-state index contributed by atoms with van der Waals surface area (Å²) >= 11 is 0. The van der Waals surface area contributed by atoms with Gasteiger partial charge in [0.05, 0.1) is 25.5 Å². The first-order valence-corrected chi connectivity index (χ1v) is 4.54. The quantitative estimate of drug-likeness (QED) is 0.656. The second kappa shape index (κ2) is 3.64. The van der Waals surface area contributed by atoms with E-state index in [9.17, 15) is 10.2 Å². The molecule has 0 radical (unpaired) electrons. The highest BCUT2D eigenvalue weighted by Gasteiger charge is 2.29. The fourth-order valence-corrected chi connectivity index (χ4v) is 1.43. The summed E-state index contributed by atoms with van der Waals surface area (Å²) in [7, 11) is 0. The monoisotopic (exact) mass is 199 g/mol. The summed E-state index contributed by atoms with van der Waals surface area (Å²) in [5.41, 5.74) is 0.504. The van der Waals surface area contributed by atoms with Crippen LogP contribution in [-0.4, -0.2) is 44.5 Å². The van der Waals surface area contributed by atoms with Crippen molar-refractivity contribution in [2.45, 2.75) is 25.2 Å². The number of hydrogen-bond acceptors (Lipinski definition) is 5. The maximum Gasteiger partial charge on any atom is 0.111 e. The van der Waals surface area contributed by atoms with Crippen molar-refractivity contribution in [2.24, 2.45) is 0 Å². The Morgan fingerprint density at radius 2 is 2.43 bits per heavy atom. The molecule has 1 aromatic rings. The van der Waals surface area contributed by atoms with Crippen LogP contribution in [-0.2, 0) is 4.74 Å². The molecule has 3 atom stereocenters. The van der Waals surface area contributed by atoms with Gasteiger partial charge in [-0.05, 0) is 6.92 Å². The van der Waals surface area contributed by atoms with Gasteiger partial charge in [0.2, 0.25) is 0 Å². The number of aliphatic hydroxyl groups is 2. The molecule has 78 valence electrons. The minimum absolute atomic E-state index is 0.185. The molecule has 14 heavy (non-hydrogen) atoms. The molecule has 0 bridgehead atoms. The molecule has 1 aromatic heterocycles. The molecule has 0 amide bonds. The fourth-order valence-electron chi connectivity index (χ4n) is 1.43. The van der Waals surface area contributed by atoms with Crippen LogP contribution in [0.15, 0.2) is 6.20 Å². The number of hydrogen-bond donors (Lipinski definition) is 2. The highest BCUT2D eigenvalue weighted by Crippen LogP contribution is 2.19. The van der Waals surface area contributed by atoms with Crippen molar-refractivity contribution >= 4 is 0 Å². The first-order chi connectivity index (χ1) is 6.68. The van der Waals surface area contributed by atoms with Crippen LogP contribution in [0.2, 0.25) is 0 Å². The number of ether oxygens (including phenoxy) is 1. The van der Waals surface area contributed by atoms with E-state index in [0.717, 1.165) is 0 Å². The molecule has 1 fully saturated rings. The van der Waals surface area contributed by atoms with Gasteiger partial charge < -0.3 is 14.9 Å². The van der Waals surface area contributed by atoms with Gasteiger partial charge in [-0.3, -0.25) is 0 Å². The van der Waals surface area contributed by atoms with Crippen molar-refractivity contribution in [1.29, 1.82) is 0 Å². The van der Waals surface area contributed by atoms with E-state index in [2.05, 4.69) is 10.3 Å². The predicted molar refractivity (Wildman–Crippen MR) is 46.5 cm³/mol. The number of aliphatic hydroxyl groups excluding tert-OH is 2. The smallest absolute Gasteiger partial charge is 0.111 e. The van der Waals surface area contributed by atoms with Crippen LogP contribution in [0.1, 0.15) is 24.8 Å². The first kappa shape index (κ1) is 9.57. The highest BCUT2D eigenvalue weighted by atomic mass is 16.5. The predicted octanol–water partition coefficient (Wildman–Crippen LogP) is -0.736. The van der Waals surface area contributed by atoms with Crippen LogP contribution in [0.4, 0.5) is 0 Å². The van der Waals surface area contributed by atoms with Gasteiger partial charge in [0.25, 0.3) is 0 Å². The van der Waals surface area contributed by atoms with Crippen molar-refractivity contribution < 1.29 is 14.9 Å². The molecule has 6 heteroatoms. The van der Waals surface area contributed by atoms with Gasteiger partial charge in [0, 0.05) is 0 Å². The van der Waals surface area contributed by atoms with Gasteiger partial charge in [0.15, 0.2) is 0 Å². The number of aromatic nitrogens is 3. The van der Waals surface area contributed by atoms with Crippen LogP contribution in [0, 0.1) is 0 Å². The standard InChI is InChI=1S/C8H13N3O3/c1-5(12)6-2-11(10-9-6)7-3-14-4-8(7)13/h2,5,7-8,12-13H,3-4H2,1H3/t5?,7-,8-/m1/s1. The van der Waals surface area contributed by atoms with E-state index in [4.69, 9.17) is 4.74 Å². The summed E-state index contributed by atoms with van der Waals surface area (Å²) in [6, 6.07) is -0.185. The third-order valence-electron chi connectivity index (χ3n) is 2.32. The molecule has 2 rings (SSSR count). The Kier molecular flexibility index (Phi) is 2.49. The largest absolute Gasteiger partial charge is 0.388 e. The Morgan fingerprint density at radius 3 is 2.93 bits per heavy atom. The van der Waals surface area contributed by atoms with E-state index in [1.54, 1.807) is 17.8 Å². The van der Waals surface area contributed by atoms with Gasteiger partial charge in [-0.1, -0.05) is 5.21 Å². The van der Waals surface area contributed by atoms with E-state index in [0.29, 0.717) is 18.9 Å². The highest BCUT2D eigenvalue weighted by molar-refractivity contribution is 4.97. The summed E-state index contributed by atoms with van der Waals surface area (Å²) in [6.07, 6.45) is 0.453. The van der Waals surface area contributed by atoms with Crippen LogP contribution < -0.4 is 0 Å². The van der Waals surface area contributed by atoms with E-state index in [-0.39, 0.29) is 6.04 Å². The molecule has 1 saturated heterocycles. The number of rotatable bonds is 2. The minimum atomic E-state index is -0.636. The molecule has 0 aliphatic carbocycles. The third kappa shape index (κ3) is 1.63. The van der Waals surface area contributed by atoms with E-state index in [1.807, 2.05) is 0 Å². The summed E-state index contributed by atoms with van der Waals surface area (Å²) in [5.74, 6) is 0. The zero-order chi connectivity index (χ0) is 10.1. The molecule has 2 heterocycles. The fraction of sp³-hybridized carbons (Fsp3) is 0.750.